The molecule has 0 aromatic heterocycles. The summed E-state index contributed by atoms with van der Waals surface area (Å²) in [6.45, 7) is 3.37. The summed E-state index contributed by atoms with van der Waals surface area (Å²) < 4.78 is 1.21. The number of fused-ring (bicyclic) bond motifs is 1. The zero-order valence-electron chi connectivity index (χ0n) is 9.22. The SMILES string of the molecule is CCCNC1CCc2ccc(Br)cc2C1. The second-order valence-electron chi connectivity index (χ2n) is 4.31. The maximum absolute atomic E-state index is 3.62. The zero-order chi connectivity index (χ0) is 10.7. The van der Waals surface area contributed by atoms with Crippen LogP contribution in [0.5, 0.6) is 0 Å². The van der Waals surface area contributed by atoms with Crippen molar-refractivity contribution in [2.24, 2.45) is 0 Å². The molecule has 1 nitrogen and oxygen atoms in total. The van der Waals surface area contributed by atoms with E-state index in [1.165, 1.54) is 41.3 Å². The van der Waals surface area contributed by atoms with Crippen molar-refractivity contribution in [2.45, 2.75) is 38.6 Å². The Morgan fingerprint density at radius 3 is 3.07 bits per heavy atom. The minimum Gasteiger partial charge on any atom is -0.314 e. The average molecular weight is 268 g/mol. The molecule has 1 aromatic carbocycles. The fraction of sp³-hybridized carbons (Fsp3) is 0.538. The predicted molar refractivity (Wildman–Crippen MR) is 68.2 cm³/mol. The topological polar surface area (TPSA) is 12.0 Å². The van der Waals surface area contributed by atoms with Crippen LogP contribution in [0.1, 0.15) is 30.9 Å². The van der Waals surface area contributed by atoms with Crippen LogP contribution in [0.3, 0.4) is 0 Å². The summed E-state index contributed by atoms with van der Waals surface area (Å²) in [6, 6.07) is 7.37. The first-order valence-electron chi connectivity index (χ1n) is 5.80. The second kappa shape index (κ2) is 5.13. The van der Waals surface area contributed by atoms with Gasteiger partial charge in [0.1, 0.15) is 0 Å². The number of halogens is 1. The lowest BCUT2D eigenvalue weighted by molar-refractivity contribution is 0.459. The highest BCUT2D eigenvalue weighted by Gasteiger charge is 2.17. The summed E-state index contributed by atoms with van der Waals surface area (Å²) in [6.07, 6.45) is 4.93. The van der Waals surface area contributed by atoms with Gasteiger partial charge in [-0.3, -0.25) is 0 Å². The van der Waals surface area contributed by atoms with Crippen LogP contribution in [-0.4, -0.2) is 12.6 Å². The Bertz CT molecular complexity index is 335. The fourth-order valence-electron chi connectivity index (χ4n) is 2.25. The number of nitrogens with one attached hydrogen (secondary N) is 1. The van der Waals surface area contributed by atoms with E-state index in [1.807, 2.05) is 0 Å². The summed E-state index contributed by atoms with van der Waals surface area (Å²) in [5.74, 6) is 0. The van der Waals surface area contributed by atoms with Gasteiger partial charge in [0, 0.05) is 10.5 Å². The first kappa shape index (κ1) is 11.2. The molecule has 1 aliphatic carbocycles. The van der Waals surface area contributed by atoms with Crippen molar-refractivity contribution in [1.29, 1.82) is 0 Å². The molecule has 0 fully saturated rings. The van der Waals surface area contributed by atoms with Gasteiger partial charge in [-0.25, -0.2) is 0 Å². The van der Waals surface area contributed by atoms with E-state index in [2.05, 4.69) is 46.4 Å². The Morgan fingerprint density at radius 1 is 1.40 bits per heavy atom. The Labute approximate surface area is 100 Å². The normalized spacial score (nSPS) is 20.0. The third-order valence-corrected chi connectivity index (χ3v) is 3.57. The zero-order valence-corrected chi connectivity index (χ0v) is 10.8. The predicted octanol–water partition coefficient (Wildman–Crippen LogP) is 3.31. The molecular formula is C13H18BrN. The summed E-state index contributed by atoms with van der Waals surface area (Å²) >= 11 is 3.54. The van der Waals surface area contributed by atoms with Gasteiger partial charge in [-0.1, -0.05) is 28.9 Å². The molecule has 0 heterocycles. The number of benzene rings is 1. The van der Waals surface area contributed by atoms with Crippen molar-refractivity contribution in [1.82, 2.24) is 5.32 Å². The molecule has 1 aromatic rings. The van der Waals surface area contributed by atoms with Crippen molar-refractivity contribution in [3.8, 4) is 0 Å². The first-order valence-corrected chi connectivity index (χ1v) is 6.59. The Kier molecular flexibility index (Phi) is 3.81. The van der Waals surface area contributed by atoms with Crippen molar-refractivity contribution in [3.63, 3.8) is 0 Å². The van der Waals surface area contributed by atoms with Crippen LogP contribution in [0.25, 0.3) is 0 Å². The molecule has 15 heavy (non-hydrogen) atoms. The van der Waals surface area contributed by atoms with Gasteiger partial charge < -0.3 is 5.32 Å². The molecule has 0 spiro atoms. The van der Waals surface area contributed by atoms with E-state index >= 15 is 0 Å². The standard InChI is InChI=1S/C13H18BrN/c1-2-7-15-13-6-4-10-3-5-12(14)8-11(10)9-13/h3,5,8,13,15H,2,4,6-7,9H2,1H3. The van der Waals surface area contributed by atoms with Crippen LogP contribution in [0, 0.1) is 0 Å². The minimum atomic E-state index is 0.687. The number of rotatable bonds is 3. The molecule has 0 amide bonds. The molecule has 0 radical (unpaired) electrons. The van der Waals surface area contributed by atoms with Gasteiger partial charge in [0.05, 0.1) is 0 Å². The fourth-order valence-corrected chi connectivity index (χ4v) is 2.66. The quantitative estimate of drug-likeness (QED) is 0.886. The van der Waals surface area contributed by atoms with Gasteiger partial charge in [-0.05, 0) is 55.5 Å². The van der Waals surface area contributed by atoms with Crippen molar-refractivity contribution in [3.05, 3.63) is 33.8 Å². The molecule has 1 N–H and O–H groups in total. The molecule has 1 unspecified atom stereocenters. The van der Waals surface area contributed by atoms with Crippen LogP contribution < -0.4 is 5.32 Å². The summed E-state index contributed by atoms with van der Waals surface area (Å²) in [5.41, 5.74) is 3.05. The summed E-state index contributed by atoms with van der Waals surface area (Å²) in [5, 5.41) is 3.62. The molecule has 0 saturated heterocycles. The maximum Gasteiger partial charge on any atom is 0.0178 e. The Hall–Kier alpha value is -0.340. The van der Waals surface area contributed by atoms with Crippen molar-refractivity contribution in [2.75, 3.05) is 6.54 Å². The third kappa shape index (κ3) is 2.82. The lowest BCUT2D eigenvalue weighted by Gasteiger charge is -2.25. The Balaban J connectivity index is 2.05. The summed E-state index contributed by atoms with van der Waals surface area (Å²) in [4.78, 5) is 0. The van der Waals surface area contributed by atoms with Crippen molar-refractivity contribution >= 4 is 15.9 Å². The van der Waals surface area contributed by atoms with E-state index in [0.29, 0.717) is 6.04 Å². The van der Waals surface area contributed by atoms with Crippen LogP contribution in [-0.2, 0) is 12.8 Å². The third-order valence-electron chi connectivity index (χ3n) is 3.08. The Morgan fingerprint density at radius 2 is 2.27 bits per heavy atom. The van der Waals surface area contributed by atoms with E-state index in [-0.39, 0.29) is 0 Å². The smallest absolute Gasteiger partial charge is 0.0178 e. The average Bonchev–Trinajstić information content (AvgIpc) is 2.25. The van der Waals surface area contributed by atoms with Gasteiger partial charge in [0.15, 0.2) is 0 Å². The molecule has 0 saturated carbocycles. The van der Waals surface area contributed by atoms with E-state index in [9.17, 15) is 0 Å². The van der Waals surface area contributed by atoms with Gasteiger partial charge in [-0.15, -0.1) is 0 Å². The lowest BCUT2D eigenvalue weighted by atomic mass is 9.88. The first-order chi connectivity index (χ1) is 7.29. The van der Waals surface area contributed by atoms with Crippen LogP contribution in [0.4, 0.5) is 0 Å². The molecule has 2 rings (SSSR count). The molecule has 0 aliphatic heterocycles. The summed E-state index contributed by atoms with van der Waals surface area (Å²) in [7, 11) is 0. The van der Waals surface area contributed by atoms with Crippen LogP contribution >= 0.6 is 15.9 Å². The van der Waals surface area contributed by atoms with E-state index in [0.717, 1.165) is 6.54 Å². The van der Waals surface area contributed by atoms with E-state index < -0.39 is 0 Å². The highest BCUT2D eigenvalue weighted by Crippen LogP contribution is 2.24. The van der Waals surface area contributed by atoms with Gasteiger partial charge in [0.2, 0.25) is 0 Å². The molecule has 1 aliphatic rings. The highest BCUT2D eigenvalue weighted by atomic mass is 79.9. The monoisotopic (exact) mass is 267 g/mol. The van der Waals surface area contributed by atoms with Crippen molar-refractivity contribution < 1.29 is 0 Å². The molecule has 2 heteroatoms. The molecule has 0 bridgehead atoms. The van der Waals surface area contributed by atoms with Gasteiger partial charge in [0.25, 0.3) is 0 Å². The highest BCUT2D eigenvalue weighted by molar-refractivity contribution is 9.10. The van der Waals surface area contributed by atoms with Crippen LogP contribution in [0.2, 0.25) is 0 Å². The van der Waals surface area contributed by atoms with Gasteiger partial charge >= 0.3 is 0 Å². The largest absolute Gasteiger partial charge is 0.314 e. The van der Waals surface area contributed by atoms with Crippen LogP contribution in [0.15, 0.2) is 22.7 Å². The number of aryl methyl sites for hydroxylation is 1. The van der Waals surface area contributed by atoms with E-state index in [4.69, 9.17) is 0 Å². The maximum atomic E-state index is 3.62. The minimum absolute atomic E-state index is 0.687. The lowest BCUT2D eigenvalue weighted by Crippen LogP contribution is -2.34. The molecular weight excluding hydrogens is 250 g/mol. The second-order valence-corrected chi connectivity index (χ2v) is 5.22. The molecule has 1 atom stereocenters. The van der Waals surface area contributed by atoms with E-state index in [1.54, 1.807) is 0 Å². The molecule has 82 valence electrons. The number of hydrogen-bond acceptors (Lipinski definition) is 1. The number of hydrogen-bond donors (Lipinski definition) is 1. The van der Waals surface area contributed by atoms with Gasteiger partial charge in [-0.2, -0.15) is 0 Å².